The maximum absolute atomic E-state index is 11.5. The van der Waals surface area contributed by atoms with Gasteiger partial charge in [-0.1, -0.05) is 44.2 Å². The highest BCUT2D eigenvalue weighted by atomic mass is 16.1. The molecule has 1 unspecified atom stereocenters. The van der Waals surface area contributed by atoms with Crippen molar-refractivity contribution in [3.05, 3.63) is 35.9 Å². The minimum absolute atomic E-state index is 0.0489. The number of hydrogen-bond donors (Lipinski definition) is 1. The fourth-order valence-corrected chi connectivity index (χ4v) is 4.95. The Labute approximate surface area is 171 Å². The van der Waals surface area contributed by atoms with Crippen molar-refractivity contribution in [1.82, 2.24) is 10.2 Å². The summed E-state index contributed by atoms with van der Waals surface area (Å²) in [6.07, 6.45) is 5.17. The highest BCUT2D eigenvalue weighted by Crippen LogP contribution is 2.41. The van der Waals surface area contributed by atoms with Crippen molar-refractivity contribution in [2.24, 2.45) is 5.92 Å². The molecule has 1 amide bonds. The smallest absolute Gasteiger partial charge is 0.217 e. The predicted octanol–water partition coefficient (Wildman–Crippen LogP) is 4.65. The summed E-state index contributed by atoms with van der Waals surface area (Å²) in [4.78, 5) is 14.1. The van der Waals surface area contributed by atoms with Crippen molar-refractivity contribution in [2.45, 2.75) is 83.7 Å². The van der Waals surface area contributed by atoms with E-state index in [0.717, 1.165) is 45.2 Å². The van der Waals surface area contributed by atoms with E-state index in [1.54, 1.807) is 6.92 Å². The molecule has 0 radical (unpaired) electrons. The third kappa shape index (κ3) is 4.94. The van der Waals surface area contributed by atoms with Crippen molar-refractivity contribution < 1.29 is 4.79 Å². The van der Waals surface area contributed by atoms with Crippen molar-refractivity contribution in [1.29, 1.82) is 5.26 Å². The molecular formula is C24H37N3O. The maximum atomic E-state index is 11.5. The molecule has 3 rings (SSSR count). The van der Waals surface area contributed by atoms with Gasteiger partial charge in [0, 0.05) is 25.0 Å². The number of nitrogens with zero attached hydrogens (tertiary/aromatic N) is 2. The molecule has 0 spiro atoms. The molecule has 1 saturated carbocycles. The van der Waals surface area contributed by atoms with Gasteiger partial charge in [-0.2, -0.15) is 5.26 Å². The second-order valence-electron chi connectivity index (χ2n) is 8.67. The zero-order valence-corrected chi connectivity index (χ0v) is 18.3. The summed E-state index contributed by atoms with van der Waals surface area (Å²) < 4.78 is 0. The Hall–Kier alpha value is -1.86. The van der Waals surface area contributed by atoms with E-state index >= 15 is 0 Å². The summed E-state index contributed by atoms with van der Waals surface area (Å²) >= 11 is 0. The summed E-state index contributed by atoms with van der Waals surface area (Å²) in [5, 5.41) is 13.0. The number of carbonyl (C=O) groups is 1. The van der Waals surface area contributed by atoms with Crippen LogP contribution >= 0.6 is 0 Å². The number of likely N-dealkylation sites (tertiary alicyclic amines) is 1. The number of hydrogen-bond acceptors (Lipinski definition) is 3. The van der Waals surface area contributed by atoms with Gasteiger partial charge >= 0.3 is 0 Å². The first-order chi connectivity index (χ1) is 13.4. The monoisotopic (exact) mass is 383 g/mol. The van der Waals surface area contributed by atoms with Crippen LogP contribution in [0.2, 0.25) is 0 Å². The van der Waals surface area contributed by atoms with Gasteiger partial charge in [-0.05, 0) is 64.0 Å². The number of nitrogens with one attached hydrogen (secondary N) is 1. The number of amides is 1. The Bertz CT molecular complexity index is 669. The first kappa shape index (κ1) is 22.4. The van der Waals surface area contributed by atoms with Crippen LogP contribution in [0, 0.1) is 17.2 Å². The number of carbonyl (C=O) groups excluding carboxylic acids is 1. The van der Waals surface area contributed by atoms with Crippen molar-refractivity contribution in [3.63, 3.8) is 0 Å². The van der Waals surface area contributed by atoms with Crippen LogP contribution in [0.5, 0.6) is 0 Å². The van der Waals surface area contributed by atoms with Gasteiger partial charge < -0.3 is 10.2 Å². The van der Waals surface area contributed by atoms with Gasteiger partial charge in [0.2, 0.25) is 5.91 Å². The molecule has 1 saturated heterocycles. The van der Waals surface area contributed by atoms with Gasteiger partial charge in [-0.25, -0.2) is 0 Å². The largest absolute Gasteiger partial charge is 0.351 e. The lowest BCUT2D eigenvalue weighted by atomic mass is 9.69. The van der Waals surface area contributed by atoms with Crippen LogP contribution < -0.4 is 5.32 Å². The lowest BCUT2D eigenvalue weighted by Gasteiger charge is -2.40. The Kier molecular flexibility index (Phi) is 7.66. The summed E-state index contributed by atoms with van der Waals surface area (Å²) in [5.74, 6) is 0.538. The van der Waals surface area contributed by atoms with Gasteiger partial charge in [0.05, 0.1) is 11.5 Å². The maximum Gasteiger partial charge on any atom is 0.217 e. The van der Waals surface area contributed by atoms with Gasteiger partial charge in [0.25, 0.3) is 0 Å². The molecule has 1 aromatic carbocycles. The van der Waals surface area contributed by atoms with E-state index in [-0.39, 0.29) is 16.9 Å². The molecule has 1 aromatic rings. The third-order valence-electron chi connectivity index (χ3n) is 6.60. The first-order valence-electron chi connectivity index (χ1n) is 10.9. The summed E-state index contributed by atoms with van der Waals surface area (Å²) in [5.41, 5.74) is 0.703. The van der Waals surface area contributed by atoms with Crippen LogP contribution in [0.25, 0.3) is 0 Å². The number of nitriles is 1. The Morgan fingerprint density at radius 2 is 1.79 bits per heavy atom. The average molecular weight is 384 g/mol. The molecule has 1 N–H and O–H groups in total. The molecule has 0 aromatic heterocycles. The lowest BCUT2D eigenvalue weighted by Crippen LogP contribution is -2.50. The highest BCUT2D eigenvalue weighted by Gasteiger charge is 2.42. The van der Waals surface area contributed by atoms with Crippen LogP contribution in [0.1, 0.15) is 72.3 Å². The van der Waals surface area contributed by atoms with E-state index < -0.39 is 0 Å². The highest BCUT2D eigenvalue weighted by molar-refractivity contribution is 5.73. The van der Waals surface area contributed by atoms with E-state index in [1.165, 1.54) is 5.56 Å². The fourth-order valence-electron chi connectivity index (χ4n) is 4.95. The van der Waals surface area contributed by atoms with Gasteiger partial charge in [0.1, 0.15) is 0 Å². The molecule has 28 heavy (non-hydrogen) atoms. The minimum atomic E-state index is -0.313. The summed E-state index contributed by atoms with van der Waals surface area (Å²) in [7, 11) is 0. The molecule has 1 atom stereocenters. The molecule has 1 aliphatic heterocycles. The van der Waals surface area contributed by atoms with E-state index in [1.807, 2.05) is 32.0 Å². The average Bonchev–Trinajstić information content (AvgIpc) is 3.21. The van der Waals surface area contributed by atoms with Crippen molar-refractivity contribution in [3.8, 4) is 6.07 Å². The Balaban J connectivity index is 0.00000136. The molecule has 1 heterocycles. The summed E-state index contributed by atoms with van der Waals surface area (Å²) in [6, 6.07) is 13.5. The zero-order chi connectivity index (χ0) is 20.8. The predicted molar refractivity (Wildman–Crippen MR) is 115 cm³/mol. The van der Waals surface area contributed by atoms with E-state index in [4.69, 9.17) is 0 Å². The van der Waals surface area contributed by atoms with Crippen LogP contribution in [0.15, 0.2) is 30.3 Å². The van der Waals surface area contributed by atoms with E-state index in [9.17, 15) is 10.1 Å². The molecule has 1 aliphatic carbocycles. The molecule has 2 fully saturated rings. The Morgan fingerprint density at radius 3 is 2.32 bits per heavy atom. The lowest BCUT2D eigenvalue weighted by molar-refractivity contribution is -0.121. The molecule has 4 heteroatoms. The standard InChI is InChI=1S/C22H31N3O.C2H6/c1-17(26)24-21(2,3)19-11-14-25(15-19)20-9-12-22(16-23,13-10-20)18-7-5-4-6-8-18;1-2/h4-8,19-20H,9-15H2,1-3H3,(H,24,26);1-2H3. The first-order valence-corrected chi connectivity index (χ1v) is 10.9. The van der Waals surface area contributed by atoms with Crippen molar-refractivity contribution >= 4 is 5.91 Å². The van der Waals surface area contributed by atoms with E-state index in [0.29, 0.717) is 12.0 Å². The molecule has 0 bridgehead atoms. The molecule has 2 aliphatic rings. The topological polar surface area (TPSA) is 56.1 Å². The zero-order valence-electron chi connectivity index (χ0n) is 18.3. The van der Waals surface area contributed by atoms with Crippen LogP contribution in [-0.4, -0.2) is 35.5 Å². The molecule has 154 valence electrons. The number of rotatable bonds is 4. The van der Waals surface area contributed by atoms with Crippen LogP contribution in [0.3, 0.4) is 0 Å². The minimum Gasteiger partial charge on any atom is -0.351 e. The van der Waals surface area contributed by atoms with Crippen LogP contribution in [-0.2, 0) is 10.2 Å². The van der Waals surface area contributed by atoms with Gasteiger partial charge in [0.15, 0.2) is 0 Å². The molecule has 4 nitrogen and oxygen atoms in total. The molecular weight excluding hydrogens is 346 g/mol. The number of benzene rings is 1. The Morgan fingerprint density at radius 1 is 1.18 bits per heavy atom. The van der Waals surface area contributed by atoms with Gasteiger partial charge in [-0.15, -0.1) is 0 Å². The second kappa shape index (κ2) is 9.56. The van der Waals surface area contributed by atoms with Gasteiger partial charge in [-0.3, -0.25) is 4.79 Å². The van der Waals surface area contributed by atoms with E-state index in [2.05, 4.69) is 42.3 Å². The second-order valence-corrected chi connectivity index (χ2v) is 8.67. The fraction of sp³-hybridized carbons (Fsp3) is 0.667. The van der Waals surface area contributed by atoms with Crippen molar-refractivity contribution in [2.75, 3.05) is 13.1 Å². The SMILES string of the molecule is CC.CC(=O)NC(C)(C)C1CCN(C2CCC(C#N)(c3ccccc3)CC2)C1. The normalized spacial score (nSPS) is 28.0. The third-order valence-corrected chi connectivity index (χ3v) is 6.60. The quantitative estimate of drug-likeness (QED) is 0.823. The van der Waals surface area contributed by atoms with Crippen LogP contribution in [0.4, 0.5) is 0 Å². The summed E-state index contributed by atoms with van der Waals surface area (Å²) in [6.45, 7) is 12.0.